The van der Waals surface area contributed by atoms with Crippen LogP contribution in [0.2, 0.25) is 0 Å². The van der Waals surface area contributed by atoms with E-state index in [-0.39, 0.29) is 5.25 Å². The van der Waals surface area contributed by atoms with Crippen molar-refractivity contribution in [1.82, 2.24) is 4.90 Å². The van der Waals surface area contributed by atoms with E-state index < -0.39 is 9.84 Å². The van der Waals surface area contributed by atoms with E-state index in [1.165, 1.54) is 45.3 Å². The molecular formula is C23H38N2O2S. The Morgan fingerprint density at radius 3 is 2.18 bits per heavy atom. The Morgan fingerprint density at radius 2 is 1.61 bits per heavy atom. The number of anilines is 1. The molecule has 0 radical (unpaired) electrons. The Morgan fingerprint density at radius 1 is 0.964 bits per heavy atom. The first-order valence-corrected chi connectivity index (χ1v) is 12.6. The molecule has 0 bridgehead atoms. The van der Waals surface area contributed by atoms with Crippen LogP contribution < -0.4 is 4.90 Å². The van der Waals surface area contributed by atoms with Crippen molar-refractivity contribution in [3.05, 3.63) is 24.3 Å². The second-order valence-electron chi connectivity index (χ2n) is 9.40. The molecule has 0 spiro atoms. The van der Waals surface area contributed by atoms with Gasteiger partial charge in [-0.3, -0.25) is 0 Å². The maximum Gasteiger partial charge on any atom is 0.180 e. The maximum absolute atomic E-state index is 12.5. The van der Waals surface area contributed by atoms with Crippen LogP contribution >= 0.6 is 0 Å². The van der Waals surface area contributed by atoms with Crippen molar-refractivity contribution in [3.8, 4) is 0 Å². The molecule has 0 saturated carbocycles. The van der Waals surface area contributed by atoms with Crippen LogP contribution in [0.4, 0.5) is 5.69 Å². The van der Waals surface area contributed by atoms with Crippen molar-refractivity contribution < 1.29 is 8.42 Å². The van der Waals surface area contributed by atoms with Gasteiger partial charge in [0.15, 0.2) is 9.84 Å². The molecule has 5 heteroatoms. The number of piperidine rings is 2. The standard InChI is InChI=1S/C23H38N2O2S/c1-18(2)21-10-12-24(13-11-21)17-20-8-14-25(15-9-20)22-6-5-7-23(16-22)28(26,27)19(3)4/h5-7,16,18-21H,8-15,17H2,1-4H3. The monoisotopic (exact) mass is 406 g/mol. The molecule has 0 amide bonds. The lowest BCUT2D eigenvalue weighted by Crippen LogP contribution is -2.42. The van der Waals surface area contributed by atoms with E-state index in [0.29, 0.717) is 4.90 Å². The van der Waals surface area contributed by atoms with Crippen LogP contribution in [0.25, 0.3) is 0 Å². The summed E-state index contributed by atoms with van der Waals surface area (Å²) in [4.78, 5) is 5.49. The molecule has 2 aliphatic rings. The Bertz CT molecular complexity index is 729. The van der Waals surface area contributed by atoms with Crippen molar-refractivity contribution in [3.63, 3.8) is 0 Å². The Balaban J connectivity index is 1.52. The van der Waals surface area contributed by atoms with Gasteiger partial charge in [0.2, 0.25) is 0 Å². The third-order valence-electron chi connectivity index (χ3n) is 6.84. The molecule has 28 heavy (non-hydrogen) atoms. The zero-order valence-electron chi connectivity index (χ0n) is 18.1. The van der Waals surface area contributed by atoms with Crippen molar-refractivity contribution in [2.24, 2.45) is 17.8 Å². The van der Waals surface area contributed by atoms with Crippen LogP contribution in [0, 0.1) is 17.8 Å². The quantitative estimate of drug-likeness (QED) is 0.700. The minimum absolute atomic E-state index is 0.381. The summed E-state index contributed by atoms with van der Waals surface area (Å²) < 4.78 is 25.0. The third kappa shape index (κ3) is 5.10. The predicted molar refractivity (Wildman–Crippen MR) is 118 cm³/mol. The van der Waals surface area contributed by atoms with Crippen LogP contribution in [0.5, 0.6) is 0 Å². The van der Waals surface area contributed by atoms with Crippen LogP contribution in [0.1, 0.15) is 53.4 Å². The van der Waals surface area contributed by atoms with Gasteiger partial charge in [0.25, 0.3) is 0 Å². The molecule has 0 aliphatic carbocycles. The zero-order valence-corrected chi connectivity index (χ0v) is 18.9. The number of nitrogens with zero attached hydrogens (tertiary/aromatic N) is 2. The summed E-state index contributed by atoms with van der Waals surface area (Å²) in [7, 11) is -3.21. The van der Waals surface area contributed by atoms with Gasteiger partial charge < -0.3 is 9.80 Å². The minimum atomic E-state index is -3.21. The van der Waals surface area contributed by atoms with E-state index in [0.717, 1.165) is 36.5 Å². The van der Waals surface area contributed by atoms with Crippen LogP contribution in [-0.2, 0) is 9.84 Å². The van der Waals surface area contributed by atoms with Crippen molar-refractivity contribution >= 4 is 15.5 Å². The highest BCUT2D eigenvalue weighted by molar-refractivity contribution is 7.92. The minimum Gasteiger partial charge on any atom is -0.371 e. The summed E-state index contributed by atoms with van der Waals surface area (Å²) in [5.74, 6) is 2.50. The molecule has 2 aliphatic heterocycles. The van der Waals surface area contributed by atoms with E-state index in [4.69, 9.17) is 0 Å². The number of hydrogen-bond acceptors (Lipinski definition) is 4. The van der Waals surface area contributed by atoms with Gasteiger partial charge in [-0.05, 0) is 88.6 Å². The molecule has 1 aromatic rings. The SMILES string of the molecule is CC(C)C1CCN(CC2CCN(c3cccc(S(=O)(=O)C(C)C)c3)CC2)CC1. The average Bonchev–Trinajstić information content (AvgIpc) is 2.69. The summed E-state index contributed by atoms with van der Waals surface area (Å²) in [6.45, 7) is 14.0. The first-order valence-electron chi connectivity index (χ1n) is 11.1. The summed E-state index contributed by atoms with van der Waals surface area (Å²) in [5.41, 5.74) is 1.05. The molecule has 4 nitrogen and oxygen atoms in total. The van der Waals surface area contributed by atoms with Crippen LogP contribution in [0.3, 0.4) is 0 Å². The maximum atomic E-state index is 12.5. The molecule has 0 N–H and O–H groups in total. The lowest BCUT2D eigenvalue weighted by molar-refractivity contribution is 0.132. The van der Waals surface area contributed by atoms with Gasteiger partial charge in [0.1, 0.15) is 0 Å². The topological polar surface area (TPSA) is 40.6 Å². The predicted octanol–water partition coefficient (Wildman–Crippen LogP) is 4.45. The lowest BCUT2D eigenvalue weighted by Gasteiger charge is -2.39. The summed E-state index contributed by atoms with van der Waals surface area (Å²) in [6, 6.07) is 7.53. The Labute approximate surface area is 172 Å². The van der Waals surface area contributed by atoms with Gasteiger partial charge >= 0.3 is 0 Å². The van der Waals surface area contributed by atoms with Gasteiger partial charge in [-0.2, -0.15) is 0 Å². The van der Waals surface area contributed by atoms with E-state index in [1.807, 2.05) is 12.1 Å². The van der Waals surface area contributed by atoms with Gasteiger partial charge in [-0.25, -0.2) is 8.42 Å². The molecular weight excluding hydrogens is 368 g/mol. The number of sulfone groups is 1. The van der Waals surface area contributed by atoms with Gasteiger partial charge in [-0.15, -0.1) is 0 Å². The number of likely N-dealkylation sites (tertiary alicyclic amines) is 1. The summed E-state index contributed by atoms with van der Waals surface area (Å²) in [5, 5.41) is -0.381. The lowest BCUT2D eigenvalue weighted by atomic mass is 9.86. The Hall–Kier alpha value is -1.07. The molecule has 158 valence electrons. The third-order valence-corrected chi connectivity index (χ3v) is 8.99. The molecule has 0 aromatic heterocycles. The molecule has 0 unspecified atom stereocenters. The van der Waals surface area contributed by atoms with Crippen LogP contribution in [-0.4, -0.2) is 51.3 Å². The first-order chi connectivity index (χ1) is 13.3. The van der Waals surface area contributed by atoms with Crippen molar-refractivity contribution in [2.45, 2.75) is 63.5 Å². The van der Waals surface area contributed by atoms with Gasteiger partial charge in [-0.1, -0.05) is 19.9 Å². The van der Waals surface area contributed by atoms with Crippen molar-refractivity contribution in [2.75, 3.05) is 37.6 Å². The zero-order chi connectivity index (χ0) is 20.3. The van der Waals surface area contributed by atoms with E-state index in [9.17, 15) is 8.42 Å². The van der Waals surface area contributed by atoms with E-state index in [1.54, 1.807) is 19.9 Å². The highest BCUT2D eigenvalue weighted by Crippen LogP contribution is 2.29. The second kappa shape index (κ2) is 9.17. The molecule has 2 fully saturated rings. The average molecular weight is 407 g/mol. The normalized spacial score (nSPS) is 21.0. The van der Waals surface area contributed by atoms with Gasteiger partial charge in [0.05, 0.1) is 10.1 Å². The number of hydrogen-bond donors (Lipinski definition) is 0. The van der Waals surface area contributed by atoms with E-state index >= 15 is 0 Å². The highest BCUT2D eigenvalue weighted by Gasteiger charge is 2.26. The fourth-order valence-corrected chi connectivity index (χ4v) is 5.77. The highest BCUT2D eigenvalue weighted by atomic mass is 32.2. The fourth-order valence-electron chi connectivity index (χ4n) is 4.67. The molecule has 2 saturated heterocycles. The number of rotatable bonds is 6. The summed E-state index contributed by atoms with van der Waals surface area (Å²) in [6.07, 6.45) is 5.11. The largest absolute Gasteiger partial charge is 0.371 e. The van der Waals surface area contributed by atoms with Crippen molar-refractivity contribution in [1.29, 1.82) is 0 Å². The van der Waals surface area contributed by atoms with Crippen LogP contribution in [0.15, 0.2) is 29.2 Å². The second-order valence-corrected chi connectivity index (χ2v) is 11.9. The van der Waals surface area contributed by atoms with E-state index in [2.05, 4.69) is 29.7 Å². The smallest absolute Gasteiger partial charge is 0.180 e. The summed E-state index contributed by atoms with van der Waals surface area (Å²) >= 11 is 0. The first kappa shape index (κ1) is 21.6. The molecule has 1 aromatic carbocycles. The molecule has 0 atom stereocenters. The molecule has 3 rings (SSSR count). The Kier molecular flexibility index (Phi) is 7.08. The van der Waals surface area contributed by atoms with Gasteiger partial charge in [0, 0.05) is 25.3 Å². The fraction of sp³-hybridized carbons (Fsp3) is 0.739. The molecule has 2 heterocycles. The number of benzene rings is 1.